The highest BCUT2D eigenvalue weighted by molar-refractivity contribution is 5.93. The summed E-state index contributed by atoms with van der Waals surface area (Å²) in [5.74, 6) is 0.263. The normalized spacial score (nSPS) is 17.7. The first kappa shape index (κ1) is 22.6. The molecule has 172 valence electrons. The average molecular weight is 460 g/mol. The third kappa shape index (κ3) is 5.60. The van der Waals surface area contributed by atoms with Crippen molar-refractivity contribution in [3.05, 3.63) is 77.7 Å². The van der Waals surface area contributed by atoms with E-state index < -0.39 is 17.6 Å². The number of pyridine rings is 1. The monoisotopic (exact) mass is 460 g/mol. The molecule has 5 nitrogen and oxygen atoms in total. The molecule has 1 aliphatic carbocycles. The number of aryl methyl sites for hydroxylation is 1. The van der Waals surface area contributed by atoms with E-state index in [9.17, 15) is 22.4 Å². The molecule has 9 heteroatoms. The van der Waals surface area contributed by atoms with Gasteiger partial charge in [-0.05, 0) is 73.9 Å². The molecule has 2 aromatic carbocycles. The Bertz CT molecular complexity index is 1130. The molecule has 1 fully saturated rings. The van der Waals surface area contributed by atoms with E-state index in [0.29, 0.717) is 30.0 Å². The van der Waals surface area contributed by atoms with Gasteiger partial charge in [-0.25, -0.2) is 9.37 Å². The summed E-state index contributed by atoms with van der Waals surface area (Å²) in [5, 5.41) is 2.85. The molecule has 1 saturated carbocycles. The maximum Gasteiger partial charge on any atom is 0.416 e. The zero-order valence-corrected chi connectivity index (χ0v) is 17.5. The third-order valence-electron chi connectivity index (χ3n) is 5.31. The van der Waals surface area contributed by atoms with Crippen molar-refractivity contribution in [3.63, 3.8) is 0 Å². The van der Waals surface area contributed by atoms with Crippen LogP contribution >= 0.6 is 0 Å². The van der Waals surface area contributed by atoms with Crippen LogP contribution < -0.4 is 14.8 Å². The number of rotatable bonds is 6. The van der Waals surface area contributed by atoms with Crippen LogP contribution in [-0.2, 0) is 11.0 Å². The van der Waals surface area contributed by atoms with Gasteiger partial charge in [0.1, 0.15) is 23.4 Å². The van der Waals surface area contributed by atoms with Crippen molar-refractivity contribution in [1.82, 2.24) is 4.98 Å². The van der Waals surface area contributed by atoms with E-state index in [-0.39, 0.29) is 23.8 Å². The molecule has 0 atom stereocenters. The summed E-state index contributed by atoms with van der Waals surface area (Å²) in [6.45, 7) is 1.81. The molecule has 0 aliphatic heterocycles. The lowest BCUT2D eigenvalue weighted by atomic mass is 9.81. The number of aromatic nitrogens is 1. The molecule has 1 heterocycles. The second kappa shape index (κ2) is 9.09. The third-order valence-corrected chi connectivity index (χ3v) is 5.31. The maximum atomic E-state index is 13.0. The molecule has 1 aromatic heterocycles. The van der Waals surface area contributed by atoms with Gasteiger partial charge in [-0.2, -0.15) is 13.2 Å². The molecule has 4 rings (SSSR count). The van der Waals surface area contributed by atoms with E-state index in [1.165, 1.54) is 24.3 Å². The number of hydrogen-bond donors (Lipinski definition) is 1. The molecule has 1 amide bonds. The first-order valence-electron chi connectivity index (χ1n) is 10.2. The highest BCUT2D eigenvalue weighted by Crippen LogP contribution is 2.35. The largest absolute Gasteiger partial charge is 0.490 e. The van der Waals surface area contributed by atoms with E-state index in [2.05, 4.69) is 10.3 Å². The van der Waals surface area contributed by atoms with E-state index >= 15 is 0 Å². The number of ether oxygens (including phenoxy) is 2. The van der Waals surface area contributed by atoms with Crippen molar-refractivity contribution in [2.45, 2.75) is 32.0 Å². The second-order valence-electron chi connectivity index (χ2n) is 7.82. The van der Waals surface area contributed by atoms with Crippen LogP contribution in [0.3, 0.4) is 0 Å². The van der Waals surface area contributed by atoms with Crippen molar-refractivity contribution < 1.29 is 31.8 Å². The number of benzene rings is 2. The van der Waals surface area contributed by atoms with Gasteiger partial charge in [-0.1, -0.05) is 0 Å². The topological polar surface area (TPSA) is 60.5 Å². The quantitative estimate of drug-likeness (QED) is 0.449. The van der Waals surface area contributed by atoms with E-state index in [4.69, 9.17) is 9.47 Å². The molecule has 0 radical (unpaired) electrons. The fraction of sp³-hybridized carbons (Fsp3) is 0.250. The SMILES string of the molecule is Cc1cc(NC(=O)C2CC(Oc3ccc(C(F)(F)F)cc3)C2)ccc1Oc1ccc(F)cn1. The van der Waals surface area contributed by atoms with Gasteiger partial charge in [0.05, 0.1) is 11.8 Å². The van der Waals surface area contributed by atoms with E-state index in [1.54, 1.807) is 18.2 Å². The number of hydrogen-bond acceptors (Lipinski definition) is 4. The zero-order chi connectivity index (χ0) is 23.6. The Morgan fingerprint density at radius 2 is 1.79 bits per heavy atom. The summed E-state index contributed by atoms with van der Waals surface area (Å²) in [6.07, 6.45) is -2.60. The van der Waals surface area contributed by atoms with Gasteiger partial charge in [-0.3, -0.25) is 4.79 Å². The molecule has 1 aliphatic rings. The summed E-state index contributed by atoms with van der Waals surface area (Å²) in [7, 11) is 0. The molecular formula is C24H20F4N2O3. The number of carbonyl (C=O) groups is 1. The summed E-state index contributed by atoms with van der Waals surface area (Å²) < 4.78 is 62.1. The summed E-state index contributed by atoms with van der Waals surface area (Å²) in [4.78, 5) is 16.3. The van der Waals surface area contributed by atoms with Crippen LogP contribution in [0, 0.1) is 18.7 Å². The molecule has 0 saturated heterocycles. The Balaban J connectivity index is 1.27. The minimum Gasteiger partial charge on any atom is -0.490 e. The minimum atomic E-state index is -4.39. The lowest BCUT2D eigenvalue weighted by Crippen LogP contribution is -2.40. The van der Waals surface area contributed by atoms with E-state index in [1.807, 2.05) is 6.92 Å². The molecule has 1 N–H and O–H groups in total. The lowest BCUT2D eigenvalue weighted by molar-refractivity contribution is -0.137. The van der Waals surface area contributed by atoms with Crippen LogP contribution in [0.15, 0.2) is 60.8 Å². The van der Waals surface area contributed by atoms with Gasteiger partial charge in [0.2, 0.25) is 11.8 Å². The number of nitrogens with one attached hydrogen (secondary N) is 1. The Hall–Kier alpha value is -3.62. The lowest BCUT2D eigenvalue weighted by Gasteiger charge is -2.34. The Morgan fingerprint density at radius 3 is 2.39 bits per heavy atom. The van der Waals surface area contributed by atoms with Crippen molar-refractivity contribution in [3.8, 4) is 17.4 Å². The standard InChI is InChI=1S/C24H20F4N2O3/c1-14-10-18(5-8-21(14)33-22-9-4-17(25)13-29-22)30-23(31)15-11-20(12-15)32-19-6-2-16(3-7-19)24(26,27)28/h2-10,13,15,20H,11-12H2,1H3,(H,30,31). The van der Waals surface area contributed by atoms with Gasteiger partial charge >= 0.3 is 6.18 Å². The van der Waals surface area contributed by atoms with Crippen molar-refractivity contribution >= 4 is 11.6 Å². The molecule has 33 heavy (non-hydrogen) atoms. The van der Waals surface area contributed by atoms with Gasteiger partial charge in [0.25, 0.3) is 0 Å². The van der Waals surface area contributed by atoms with Gasteiger partial charge in [0.15, 0.2) is 0 Å². The predicted molar refractivity (Wildman–Crippen MR) is 113 cm³/mol. The summed E-state index contributed by atoms with van der Waals surface area (Å²) in [6, 6.07) is 12.3. The van der Waals surface area contributed by atoms with Crippen molar-refractivity contribution in [1.29, 1.82) is 0 Å². The molecule has 0 unspecified atom stereocenters. The number of alkyl halides is 3. The first-order chi connectivity index (χ1) is 15.7. The summed E-state index contributed by atoms with van der Waals surface area (Å²) in [5.41, 5.74) is 0.626. The highest BCUT2D eigenvalue weighted by atomic mass is 19.4. The Kier molecular flexibility index (Phi) is 6.22. The van der Waals surface area contributed by atoms with Crippen molar-refractivity contribution in [2.24, 2.45) is 5.92 Å². The van der Waals surface area contributed by atoms with Gasteiger partial charge in [-0.15, -0.1) is 0 Å². The van der Waals surface area contributed by atoms with E-state index in [0.717, 1.165) is 23.9 Å². The smallest absolute Gasteiger partial charge is 0.416 e. The number of amides is 1. The average Bonchev–Trinajstić information content (AvgIpc) is 2.73. The van der Waals surface area contributed by atoms with Gasteiger partial charge in [0, 0.05) is 17.7 Å². The maximum absolute atomic E-state index is 13.0. The minimum absolute atomic E-state index is 0.157. The molecular weight excluding hydrogens is 440 g/mol. The molecule has 0 spiro atoms. The zero-order valence-electron chi connectivity index (χ0n) is 17.5. The number of anilines is 1. The fourth-order valence-corrected chi connectivity index (χ4v) is 3.41. The fourth-order valence-electron chi connectivity index (χ4n) is 3.41. The Labute approximate surface area is 187 Å². The van der Waals surface area contributed by atoms with Crippen LogP contribution in [0.5, 0.6) is 17.4 Å². The number of carbonyl (C=O) groups excluding carboxylic acids is 1. The molecule has 0 bridgehead atoms. The predicted octanol–water partition coefficient (Wildman–Crippen LogP) is 6.14. The second-order valence-corrected chi connectivity index (χ2v) is 7.82. The summed E-state index contributed by atoms with van der Waals surface area (Å²) >= 11 is 0. The van der Waals surface area contributed by atoms with Crippen LogP contribution in [0.2, 0.25) is 0 Å². The van der Waals surface area contributed by atoms with Crippen LogP contribution in [0.1, 0.15) is 24.0 Å². The first-order valence-corrected chi connectivity index (χ1v) is 10.2. The van der Waals surface area contributed by atoms with Crippen LogP contribution in [0.4, 0.5) is 23.2 Å². The van der Waals surface area contributed by atoms with Crippen LogP contribution in [0.25, 0.3) is 0 Å². The van der Waals surface area contributed by atoms with Gasteiger partial charge < -0.3 is 14.8 Å². The molecule has 3 aromatic rings. The van der Waals surface area contributed by atoms with Crippen LogP contribution in [-0.4, -0.2) is 17.0 Å². The number of nitrogens with zero attached hydrogens (tertiary/aromatic N) is 1. The Morgan fingerprint density at radius 1 is 1.06 bits per heavy atom. The highest BCUT2D eigenvalue weighted by Gasteiger charge is 2.36. The van der Waals surface area contributed by atoms with Crippen molar-refractivity contribution in [2.75, 3.05) is 5.32 Å². The number of halogens is 4.